The number of nitrogen functional groups attached to an aromatic ring is 1. The average molecular weight is 414 g/mol. The third kappa shape index (κ3) is 4.45. The molecule has 0 aliphatic rings. The maximum Gasteiger partial charge on any atom is 0.234 e. The number of benzene rings is 2. The van der Waals surface area contributed by atoms with Crippen LogP contribution in [0.25, 0.3) is 11.4 Å². The minimum absolute atomic E-state index is 0.140. The number of anilines is 1. The van der Waals surface area contributed by atoms with E-state index in [1.54, 1.807) is 32.4 Å². The lowest BCUT2D eigenvalue weighted by Gasteiger charge is -2.11. The molecular formula is C20H23N5O3S. The Kier molecular flexibility index (Phi) is 6.28. The van der Waals surface area contributed by atoms with E-state index in [9.17, 15) is 4.79 Å². The van der Waals surface area contributed by atoms with Crippen LogP contribution in [0.1, 0.15) is 11.1 Å². The number of ether oxygens (including phenoxy) is 2. The molecule has 1 aromatic heterocycles. The van der Waals surface area contributed by atoms with E-state index in [4.69, 9.17) is 15.3 Å². The number of nitrogens with two attached hydrogens (primary N) is 1. The highest BCUT2D eigenvalue weighted by atomic mass is 32.2. The Hall–Kier alpha value is -3.20. The van der Waals surface area contributed by atoms with Crippen molar-refractivity contribution in [1.82, 2.24) is 14.9 Å². The van der Waals surface area contributed by atoms with E-state index in [1.807, 2.05) is 32.0 Å². The van der Waals surface area contributed by atoms with Gasteiger partial charge in [-0.2, -0.15) is 0 Å². The van der Waals surface area contributed by atoms with Crippen LogP contribution in [0.5, 0.6) is 11.5 Å². The molecule has 2 aromatic carbocycles. The van der Waals surface area contributed by atoms with E-state index >= 15 is 0 Å². The Labute approximate surface area is 173 Å². The topological polar surface area (TPSA) is 104 Å². The first-order valence-electron chi connectivity index (χ1n) is 8.86. The van der Waals surface area contributed by atoms with Gasteiger partial charge in [-0.05, 0) is 37.1 Å². The van der Waals surface area contributed by atoms with Crippen LogP contribution in [-0.4, -0.2) is 40.8 Å². The summed E-state index contributed by atoms with van der Waals surface area (Å²) in [5, 5.41) is 11.6. The van der Waals surface area contributed by atoms with E-state index in [1.165, 1.54) is 16.4 Å². The highest BCUT2D eigenvalue weighted by Crippen LogP contribution is 2.33. The molecule has 0 spiro atoms. The number of nitrogens with one attached hydrogen (secondary N) is 1. The van der Waals surface area contributed by atoms with Gasteiger partial charge in [0, 0.05) is 11.8 Å². The molecular weight excluding hydrogens is 390 g/mol. The minimum atomic E-state index is -0.140. The van der Waals surface area contributed by atoms with Crippen molar-refractivity contribution in [2.45, 2.75) is 19.0 Å². The number of hydrogen-bond donors (Lipinski definition) is 2. The first-order chi connectivity index (χ1) is 13.9. The molecule has 3 aromatic rings. The lowest BCUT2D eigenvalue weighted by atomic mass is 10.1. The smallest absolute Gasteiger partial charge is 0.234 e. The maximum atomic E-state index is 12.4. The fourth-order valence-electron chi connectivity index (χ4n) is 2.86. The molecule has 3 N–H and O–H groups in total. The standard InChI is InChI=1S/C20H23N5O3S/c1-12-6-5-7-13(2)18(12)22-17(26)11-29-20-24-23-19(25(20)21)15-9-8-14(27-3)10-16(15)28-4/h5-10H,11,21H2,1-4H3,(H,22,26). The number of carbonyl (C=O) groups is 1. The number of hydrogen-bond acceptors (Lipinski definition) is 7. The average Bonchev–Trinajstić information content (AvgIpc) is 3.09. The first kappa shape index (κ1) is 20.5. The van der Waals surface area contributed by atoms with Gasteiger partial charge in [0.25, 0.3) is 0 Å². The van der Waals surface area contributed by atoms with Crippen molar-refractivity contribution in [1.29, 1.82) is 0 Å². The SMILES string of the molecule is COc1ccc(-c2nnc(SCC(=O)Nc3c(C)cccc3C)n2N)c(OC)c1. The zero-order valence-electron chi connectivity index (χ0n) is 16.7. The van der Waals surface area contributed by atoms with E-state index < -0.39 is 0 Å². The van der Waals surface area contributed by atoms with Crippen LogP contribution >= 0.6 is 11.8 Å². The fraction of sp³-hybridized carbons (Fsp3) is 0.250. The second kappa shape index (κ2) is 8.87. The van der Waals surface area contributed by atoms with Crippen molar-refractivity contribution in [3.8, 4) is 22.9 Å². The van der Waals surface area contributed by atoms with Gasteiger partial charge in [0.2, 0.25) is 11.1 Å². The van der Waals surface area contributed by atoms with Crippen molar-refractivity contribution in [3.63, 3.8) is 0 Å². The third-order valence-electron chi connectivity index (χ3n) is 4.39. The highest BCUT2D eigenvalue weighted by Gasteiger charge is 2.18. The van der Waals surface area contributed by atoms with Crippen molar-refractivity contribution < 1.29 is 14.3 Å². The Morgan fingerprint density at radius 3 is 2.52 bits per heavy atom. The fourth-order valence-corrected chi connectivity index (χ4v) is 3.52. The summed E-state index contributed by atoms with van der Waals surface area (Å²) in [7, 11) is 3.14. The summed E-state index contributed by atoms with van der Waals surface area (Å²) in [6.07, 6.45) is 0. The second-order valence-electron chi connectivity index (χ2n) is 6.35. The zero-order chi connectivity index (χ0) is 21.0. The van der Waals surface area contributed by atoms with Gasteiger partial charge in [0.1, 0.15) is 11.5 Å². The molecule has 0 saturated heterocycles. The van der Waals surface area contributed by atoms with Gasteiger partial charge < -0.3 is 20.6 Å². The number of nitrogens with zero attached hydrogens (tertiary/aromatic N) is 3. The van der Waals surface area contributed by atoms with Gasteiger partial charge in [-0.1, -0.05) is 30.0 Å². The van der Waals surface area contributed by atoms with Crippen LogP contribution in [0.15, 0.2) is 41.6 Å². The quantitative estimate of drug-likeness (QED) is 0.453. The molecule has 0 saturated carbocycles. The summed E-state index contributed by atoms with van der Waals surface area (Å²) >= 11 is 1.21. The molecule has 152 valence electrons. The predicted molar refractivity (Wildman–Crippen MR) is 114 cm³/mol. The molecule has 9 heteroatoms. The normalized spacial score (nSPS) is 10.6. The number of aromatic nitrogens is 3. The van der Waals surface area contributed by atoms with Crippen molar-refractivity contribution >= 4 is 23.4 Å². The molecule has 0 unspecified atom stereocenters. The summed E-state index contributed by atoms with van der Waals surface area (Å²) in [5.41, 5.74) is 3.53. The molecule has 3 rings (SSSR count). The lowest BCUT2D eigenvalue weighted by molar-refractivity contribution is -0.113. The van der Waals surface area contributed by atoms with Gasteiger partial charge in [0.15, 0.2) is 5.82 Å². The molecule has 0 radical (unpaired) electrons. The van der Waals surface area contributed by atoms with Crippen LogP contribution in [0, 0.1) is 13.8 Å². The number of aryl methyl sites for hydroxylation is 2. The Bertz CT molecular complexity index is 1010. The monoisotopic (exact) mass is 413 g/mol. The molecule has 1 amide bonds. The van der Waals surface area contributed by atoms with Gasteiger partial charge in [-0.3, -0.25) is 4.79 Å². The first-order valence-corrected chi connectivity index (χ1v) is 9.85. The van der Waals surface area contributed by atoms with Gasteiger partial charge >= 0.3 is 0 Å². The molecule has 0 fully saturated rings. The largest absolute Gasteiger partial charge is 0.497 e. The summed E-state index contributed by atoms with van der Waals surface area (Å²) in [5.74, 6) is 7.84. The molecule has 29 heavy (non-hydrogen) atoms. The maximum absolute atomic E-state index is 12.4. The van der Waals surface area contributed by atoms with Crippen molar-refractivity contribution in [2.24, 2.45) is 0 Å². The zero-order valence-corrected chi connectivity index (χ0v) is 17.5. The van der Waals surface area contributed by atoms with Crippen LogP contribution < -0.4 is 20.6 Å². The van der Waals surface area contributed by atoms with Crippen LogP contribution in [-0.2, 0) is 4.79 Å². The number of thioether (sulfide) groups is 1. The van der Waals surface area contributed by atoms with E-state index in [2.05, 4.69) is 15.5 Å². The van der Waals surface area contributed by atoms with Crippen molar-refractivity contribution in [3.05, 3.63) is 47.5 Å². The number of carbonyl (C=O) groups excluding carboxylic acids is 1. The lowest BCUT2D eigenvalue weighted by Crippen LogP contribution is -2.17. The number of rotatable bonds is 7. The molecule has 8 nitrogen and oxygen atoms in total. The second-order valence-corrected chi connectivity index (χ2v) is 7.29. The molecule has 0 aliphatic carbocycles. The van der Waals surface area contributed by atoms with E-state index in [0.29, 0.717) is 28.0 Å². The van der Waals surface area contributed by atoms with Gasteiger partial charge in [0.05, 0.1) is 25.5 Å². The third-order valence-corrected chi connectivity index (χ3v) is 5.34. The summed E-state index contributed by atoms with van der Waals surface area (Å²) in [6.45, 7) is 3.92. The van der Waals surface area contributed by atoms with Gasteiger partial charge in [-0.15, -0.1) is 10.2 Å². The summed E-state index contributed by atoms with van der Waals surface area (Å²) in [4.78, 5) is 12.4. The van der Waals surface area contributed by atoms with E-state index in [0.717, 1.165) is 16.8 Å². The molecule has 0 bridgehead atoms. The van der Waals surface area contributed by atoms with Crippen LogP contribution in [0.2, 0.25) is 0 Å². The number of amides is 1. The van der Waals surface area contributed by atoms with Gasteiger partial charge in [-0.25, -0.2) is 4.68 Å². The summed E-state index contributed by atoms with van der Waals surface area (Å²) < 4.78 is 12.0. The molecule has 0 aliphatic heterocycles. The minimum Gasteiger partial charge on any atom is -0.497 e. The Morgan fingerprint density at radius 2 is 1.86 bits per heavy atom. The predicted octanol–water partition coefficient (Wildman–Crippen LogP) is 3.02. The molecule has 0 atom stereocenters. The summed E-state index contributed by atoms with van der Waals surface area (Å²) in [6, 6.07) is 11.2. The number of methoxy groups -OCH3 is 2. The van der Waals surface area contributed by atoms with E-state index in [-0.39, 0.29) is 11.7 Å². The molecule has 1 heterocycles. The van der Waals surface area contributed by atoms with Crippen LogP contribution in [0.3, 0.4) is 0 Å². The van der Waals surface area contributed by atoms with Crippen LogP contribution in [0.4, 0.5) is 5.69 Å². The Morgan fingerprint density at radius 1 is 1.14 bits per heavy atom. The number of para-hydroxylation sites is 1. The van der Waals surface area contributed by atoms with Crippen molar-refractivity contribution in [2.75, 3.05) is 31.1 Å². The Balaban J connectivity index is 1.73. The highest BCUT2D eigenvalue weighted by molar-refractivity contribution is 7.99.